The average molecular weight is 320 g/mol. The van der Waals surface area contributed by atoms with Crippen molar-refractivity contribution in [3.63, 3.8) is 0 Å². The summed E-state index contributed by atoms with van der Waals surface area (Å²) in [6, 6.07) is 17.9. The second-order valence-corrected chi connectivity index (χ2v) is 5.69. The highest BCUT2D eigenvalue weighted by Crippen LogP contribution is 2.30. The smallest absolute Gasteiger partial charge is 0.141 e. The molecule has 0 unspecified atom stereocenters. The number of aromatic nitrogens is 1. The Morgan fingerprint density at radius 3 is 2.43 bits per heavy atom. The Morgan fingerprint density at radius 2 is 1.74 bits per heavy atom. The van der Waals surface area contributed by atoms with E-state index in [1.165, 1.54) is 0 Å². The van der Waals surface area contributed by atoms with Crippen LogP contribution in [0.1, 0.15) is 11.1 Å². The van der Waals surface area contributed by atoms with Gasteiger partial charge in [-0.1, -0.05) is 41.9 Å². The Balaban J connectivity index is 2.11. The van der Waals surface area contributed by atoms with Crippen molar-refractivity contribution in [2.75, 3.05) is 5.73 Å². The minimum atomic E-state index is 0.266. The van der Waals surface area contributed by atoms with Crippen LogP contribution in [-0.4, -0.2) is 4.98 Å². The number of pyridine rings is 1. The van der Waals surface area contributed by atoms with Gasteiger partial charge >= 0.3 is 0 Å². The predicted molar refractivity (Wildman–Crippen MR) is 94.0 cm³/mol. The molecule has 4 heteroatoms. The van der Waals surface area contributed by atoms with Gasteiger partial charge in [0.25, 0.3) is 0 Å². The second-order valence-electron chi connectivity index (χ2n) is 5.26. The van der Waals surface area contributed by atoms with Gasteiger partial charge in [-0.15, -0.1) is 0 Å². The van der Waals surface area contributed by atoms with Gasteiger partial charge in [-0.05, 0) is 47.4 Å². The fourth-order valence-corrected chi connectivity index (χ4v) is 2.69. The largest absolute Gasteiger partial charge is 0.383 e. The first kappa shape index (κ1) is 15.1. The van der Waals surface area contributed by atoms with E-state index in [0.29, 0.717) is 10.6 Å². The molecule has 0 radical (unpaired) electrons. The molecule has 3 rings (SSSR count). The summed E-state index contributed by atoms with van der Waals surface area (Å²) in [6.07, 6.45) is 1.71. The van der Waals surface area contributed by atoms with Gasteiger partial charge in [0.2, 0.25) is 0 Å². The summed E-state index contributed by atoms with van der Waals surface area (Å²) in [7, 11) is 0. The number of rotatable bonds is 2. The lowest BCUT2D eigenvalue weighted by atomic mass is 9.96. The topological polar surface area (TPSA) is 62.7 Å². The number of anilines is 1. The maximum atomic E-state index is 9.25. The van der Waals surface area contributed by atoms with Crippen LogP contribution < -0.4 is 5.73 Å². The summed E-state index contributed by atoms with van der Waals surface area (Å²) in [4.78, 5) is 4.14. The molecule has 2 aromatic carbocycles. The van der Waals surface area contributed by atoms with Crippen molar-refractivity contribution in [1.29, 1.82) is 5.26 Å². The Hall–Kier alpha value is -2.83. The predicted octanol–water partition coefficient (Wildman–Crippen LogP) is 4.83. The zero-order chi connectivity index (χ0) is 16.4. The first-order valence-corrected chi connectivity index (χ1v) is 7.49. The van der Waals surface area contributed by atoms with Crippen molar-refractivity contribution in [3.8, 4) is 28.3 Å². The normalized spacial score (nSPS) is 10.3. The van der Waals surface area contributed by atoms with Gasteiger partial charge in [-0.2, -0.15) is 5.26 Å². The van der Waals surface area contributed by atoms with E-state index in [1.54, 1.807) is 6.20 Å². The molecule has 0 atom stereocenters. The number of hydrogen-bond acceptors (Lipinski definition) is 3. The maximum absolute atomic E-state index is 9.25. The number of nitrogens with zero attached hydrogens (tertiary/aromatic N) is 2. The Morgan fingerprint density at radius 1 is 1.04 bits per heavy atom. The highest BCUT2D eigenvalue weighted by molar-refractivity contribution is 6.30. The van der Waals surface area contributed by atoms with Crippen molar-refractivity contribution in [1.82, 2.24) is 4.98 Å². The highest BCUT2D eigenvalue weighted by Gasteiger charge is 2.11. The molecule has 0 spiro atoms. The average Bonchev–Trinajstić information content (AvgIpc) is 2.56. The molecule has 0 saturated carbocycles. The lowest BCUT2D eigenvalue weighted by molar-refractivity contribution is 1.26. The molecule has 23 heavy (non-hydrogen) atoms. The van der Waals surface area contributed by atoms with Crippen LogP contribution in [0, 0.1) is 18.3 Å². The van der Waals surface area contributed by atoms with Crippen LogP contribution in [0.25, 0.3) is 22.3 Å². The fraction of sp³-hybridized carbons (Fsp3) is 0.0526. The molecule has 0 aliphatic rings. The van der Waals surface area contributed by atoms with E-state index in [1.807, 2.05) is 49.4 Å². The zero-order valence-electron chi connectivity index (χ0n) is 12.5. The van der Waals surface area contributed by atoms with E-state index in [2.05, 4.69) is 17.1 Å². The lowest BCUT2D eigenvalue weighted by Crippen LogP contribution is -1.99. The molecule has 1 heterocycles. The van der Waals surface area contributed by atoms with Crippen molar-refractivity contribution < 1.29 is 0 Å². The Labute approximate surface area is 140 Å². The number of benzene rings is 2. The van der Waals surface area contributed by atoms with Gasteiger partial charge in [0.1, 0.15) is 11.9 Å². The molecule has 0 amide bonds. The molecule has 0 saturated heterocycles. The third kappa shape index (κ3) is 2.90. The quantitative estimate of drug-likeness (QED) is 0.735. The molecule has 3 aromatic rings. The van der Waals surface area contributed by atoms with Crippen LogP contribution >= 0.6 is 11.6 Å². The third-order valence-corrected chi connectivity index (χ3v) is 4.08. The molecule has 0 fully saturated rings. The maximum Gasteiger partial charge on any atom is 0.141 e. The van der Waals surface area contributed by atoms with Gasteiger partial charge in [0.15, 0.2) is 0 Å². The van der Waals surface area contributed by atoms with Crippen molar-refractivity contribution in [2.45, 2.75) is 6.92 Å². The summed E-state index contributed by atoms with van der Waals surface area (Å²) >= 11 is 5.94. The second kappa shape index (κ2) is 6.12. The van der Waals surface area contributed by atoms with E-state index < -0.39 is 0 Å². The molecule has 0 aliphatic carbocycles. The van der Waals surface area contributed by atoms with Gasteiger partial charge in [0.05, 0.1) is 5.56 Å². The third-order valence-electron chi connectivity index (χ3n) is 3.83. The monoisotopic (exact) mass is 319 g/mol. The van der Waals surface area contributed by atoms with Gasteiger partial charge in [0, 0.05) is 16.8 Å². The SMILES string of the molecule is Cc1c(-c2cccc(-c3ccc(Cl)cc3)c2)cnc(N)c1C#N. The van der Waals surface area contributed by atoms with Crippen LogP contribution in [-0.2, 0) is 0 Å². The van der Waals surface area contributed by atoms with E-state index in [9.17, 15) is 5.26 Å². The van der Waals surface area contributed by atoms with Crippen molar-refractivity contribution in [2.24, 2.45) is 0 Å². The van der Waals surface area contributed by atoms with Crippen LogP contribution in [0.4, 0.5) is 5.82 Å². The van der Waals surface area contributed by atoms with Crippen LogP contribution in [0.5, 0.6) is 0 Å². The van der Waals surface area contributed by atoms with Crippen LogP contribution in [0.2, 0.25) is 5.02 Å². The molecule has 2 N–H and O–H groups in total. The summed E-state index contributed by atoms with van der Waals surface area (Å²) < 4.78 is 0. The molecule has 112 valence electrons. The van der Waals surface area contributed by atoms with E-state index >= 15 is 0 Å². The highest BCUT2D eigenvalue weighted by atomic mass is 35.5. The number of nitriles is 1. The first-order chi connectivity index (χ1) is 11.1. The molecular formula is C19H14ClN3. The summed E-state index contributed by atoms with van der Waals surface area (Å²) in [5, 5.41) is 9.96. The molecular weight excluding hydrogens is 306 g/mol. The van der Waals surface area contributed by atoms with Gasteiger partial charge in [-0.25, -0.2) is 4.98 Å². The molecule has 0 bridgehead atoms. The zero-order valence-corrected chi connectivity index (χ0v) is 13.3. The van der Waals surface area contributed by atoms with E-state index in [-0.39, 0.29) is 5.82 Å². The minimum Gasteiger partial charge on any atom is -0.383 e. The van der Waals surface area contributed by atoms with Crippen LogP contribution in [0.3, 0.4) is 0 Å². The lowest BCUT2D eigenvalue weighted by Gasteiger charge is -2.10. The number of halogens is 1. The molecule has 1 aromatic heterocycles. The van der Waals surface area contributed by atoms with Gasteiger partial charge in [-0.3, -0.25) is 0 Å². The first-order valence-electron chi connectivity index (χ1n) is 7.11. The number of nitrogens with two attached hydrogens (primary N) is 1. The number of nitrogen functional groups attached to an aromatic ring is 1. The fourth-order valence-electron chi connectivity index (χ4n) is 2.56. The van der Waals surface area contributed by atoms with E-state index in [0.717, 1.165) is 27.8 Å². The number of hydrogen-bond donors (Lipinski definition) is 1. The Kier molecular flexibility index (Phi) is 4.01. The van der Waals surface area contributed by atoms with Crippen LogP contribution in [0.15, 0.2) is 54.7 Å². The summed E-state index contributed by atoms with van der Waals surface area (Å²) in [6.45, 7) is 1.89. The summed E-state index contributed by atoms with van der Waals surface area (Å²) in [5.41, 5.74) is 11.1. The van der Waals surface area contributed by atoms with Crippen molar-refractivity contribution in [3.05, 3.63) is 70.9 Å². The summed E-state index contributed by atoms with van der Waals surface area (Å²) in [5.74, 6) is 0.266. The van der Waals surface area contributed by atoms with E-state index in [4.69, 9.17) is 17.3 Å². The van der Waals surface area contributed by atoms with Gasteiger partial charge < -0.3 is 5.73 Å². The standard InChI is InChI=1S/C19H14ClN3/c1-12-17(10-21)19(22)23-11-18(12)15-4-2-3-14(9-15)13-5-7-16(20)8-6-13/h2-9,11H,1H3,(H2,22,23). The molecule has 0 aliphatic heterocycles. The molecule has 3 nitrogen and oxygen atoms in total. The Bertz CT molecular complexity index is 909. The van der Waals surface area contributed by atoms with Crippen molar-refractivity contribution >= 4 is 17.4 Å². The minimum absolute atomic E-state index is 0.266.